The fourth-order valence-electron chi connectivity index (χ4n) is 1.22. The van der Waals surface area contributed by atoms with Crippen molar-refractivity contribution in [3.8, 4) is 0 Å². The van der Waals surface area contributed by atoms with Crippen LogP contribution in [0.2, 0.25) is 0 Å². The third-order valence-corrected chi connectivity index (χ3v) is 3.49. The maximum atomic E-state index is 13.4. The summed E-state index contributed by atoms with van der Waals surface area (Å²) in [5.41, 5.74) is -0.336. The van der Waals surface area contributed by atoms with E-state index in [9.17, 15) is 17.6 Å². The fraction of sp³-hybridized carbons (Fsp3) is 0.364. The van der Waals surface area contributed by atoms with Crippen molar-refractivity contribution < 1.29 is 17.6 Å². The number of nitrogens with one attached hydrogen (secondary N) is 1. The minimum Gasteiger partial charge on any atom is -0.352 e. The largest absolute Gasteiger partial charge is 0.352 e. The molecule has 0 radical (unpaired) electrons. The summed E-state index contributed by atoms with van der Waals surface area (Å²) in [6.45, 7) is 4.14. The summed E-state index contributed by atoms with van der Waals surface area (Å²) in [6, 6.07) is 2.84. The van der Waals surface area contributed by atoms with Gasteiger partial charge in [-0.3, -0.25) is 4.79 Å². The quantitative estimate of drug-likeness (QED) is 0.865. The van der Waals surface area contributed by atoms with Gasteiger partial charge in [-0.25, -0.2) is 12.8 Å². The summed E-state index contributed by atoms with van der Waals surface area (Å²) in [6.07, 6.45) is 0. The highest BCUT2D eigenvalue weighted by atomic mass is 35.7. The minimum atomic E-state index is -3.98. The Labute approximate surface area is 110 Å². The van der Waals surface area contributed by atoms with Crippen molar-refractivity contribution in [1.82, 2.24) is 5.32 Å². The number of halogens is 2. The van der Waals surface area contributed by atoms with Crippen LogP contribution in [0.5, 0.6) is 0 Å². The Hall–Kier alpha value is -1.14. The Balaban J connectivity index is 3.05. The molecule has 100 valence electrons. The predicted molar refractivity (Wildman–Crippen MR) is 66.6 cm³/mol. The molecule has 0 fully saturated rings. The Bertz CT molecular complexity index is 557. The van der Waals surface area contributed by atoms with Gasteiger partial charge in [0.1, 0.15) is 5.82 Å². The van der Waals surface area contributed by atoms with Gasteiger partial charge in [0.25, 0.3) is 15.0 Å². The lowest BCUT2D eigenvalue weighted by Gasteiger charge is -2.09. The summed E-state index contributed by atoms with van der Waals surface area (Å²) in [5, 5.41) is 2.50. The first-order valence-electron chi connectivity index (χ1n) is 5.24. The smallest absolute Gasteiger partial charge is 0.261 e. The van der Waals surface area contributed by atoms with E-state index in [1.807, 2.05) is 13.8 Å². The van der Waals surface area contributed by atoms with Crippen LogP contribution < -0.4 is 5.32 Å². The number of benzene rings is 1. The SMILES string of the molecule is CC(C)CNC(=O)c1cc(S(=O)(=O)Cl)ccc1F. The van der Waals surface area contributed by atoms with Gasteiger partial charge in [0, 0.05) is 17.2 Å². The molecule has 7 heteroatoms. The van der Waals surface area contributed by atoms with Gasteiger partial charge in [-0.2, -0.15) is 0 Å². The molecule has 0 bridgehead atoms. The average molecular weight is 294 g/mol. The van der Waals surface area contributed by atoms with E-state index in [2.05, 4.69) is 5.32 Å². The van der Waals surface area contributed by atoms with Gasteiger partial charge in [0.15, 0.2) is 0 Å². The lowest BCUT2D eigenvalue weighted by molar-refractivity contribution is 0.0944. The van der Waals surface area contributed by atoms with E-state index in [0.717, 1.165) is 18.2 Å². The first-order valence-corrected chi connectivity index (χ1v) is 7.55. The lowest BCUT2D eigenvalue weighted by atomic mass is 10.2. The van der Waals surface area contributed by atoms with Crippen molar-refractivity contribution in [2.45, 2.75) is 18.7 Å². The molecule has 0 saturated carbocycles. The van der Waals surface area contributed by atoms with Crippen molar-refractivity contribution in [3.63, 3.8) is 0 Å². The molecule has 0 aromatic heterocycles. The Morgan fingerprint density at radius 1 is 1.44 bits per heavy atom. The zero-order valence-corrected chi connectivity index (χ0v) is 11.5. The number of amides is 1. The Morgan fingerprint density at radius 3 is 2.56 bits per heavy atom. The molecule has 4 nitrogen and oxygen atoms in total. The average Bonchev–Trinajstić information content (AvgIpc) is 2.24. The normalized spacial score (nSPS) is 11.6. The van der Waals surface area contributed by atoms with Gasteiger partial charge >= 0.3 is 0 Å². The van der Waals surface area contributed by atoms with Gasteiger partial charge in [0.05, 0.1) is 10.5 Å². The van der Waals surface area contributed by atoms with E-state index in [-0.39, 0.29) is 16.4 Å². The molecule has 0 unspecified atom stereocenters. The molecular formula is C11H13ClFNO3S. The molecule has 0 aliphatic heterocycles. The van der Waals surface area contributed by atoms with Crippen LogP contribution in [0, 0.1) is 11.7 Å². The summed E-state index contributed by atoms with van der Waals surface area (Å²) in [7, 11) is 1.15. The highest BCUT2D eigenvalue weighted by Gasteiger charge is 2.17. The molecule has 1 amide bonds. The van der Waals surface area contributed by atoms with Gasteiger partial charge in [0.2, 0.25) is 0 Å². The zero-order valence-electron chi connectivity index (χ0n) is 9.91. The van der Waals surface area contributed by atoms with Crippen LogP contribution in [0.4, 0.5) is 4.39 Å². The van der Waals surface area contributed by atoms with Crippen LogP contribution in [0.25, 0.3) is 0 Å². The van der Waals surface area contributed by atoms with Gasteiger partial charge in [-0.1, -0.05) is 13.8 Å². The maximum Gasteiger partial charge on any atom is 0.261 e. The van der Waals surface area contributed by atoms with Gasteiger partial charge < -0.3 is 5.32 Å². The minimum absolute atomic E-state index is 0.206. The number of hydrogen-bond acceptors (Lipinski definition) is 3. The predicted octanol–water partition coefficient (Wildman–Crippen LogP) is 2.14. The van der Waals surface area contributed by atoms with Gasteiger partial charge in [-0.05, 0) is 24.1 Å². The molecule has 1 rings (SSSR count). The van der Waals surface area contributed by atoms with E-state index in [4.69, 9.17) is 10.7 Å². The molecule has 0 atom stereocenters. The van der Waals surface area contributed by atoms with Crippen LogP contribution >= 0.6 is 10.7 Å². The number of carbonyl (C=O) groups excluding carboxylic acids is 1. The first kappa shape index (κ1) is 14.9. The third-order valence-electron chi connectivity index (χ3n) is 2.13. The molecule has 0 heterocycles. The highest BCUT2D eigenvalue weighted by molar-refractivity contribution is 8.13. The molecule has 0 saturated heterocycles. The zero-order chi connectivity index (χ0) is 13.9. The number of hydrogen-bond donors (Lipinski definition) is 1. The molecule has 1 aromatic rings. The van der Waals surface area contributed by atoms with E-state index in [0.29, 0.717) is 6.54 Å². The highest BCUT2D eigenvalue weighted by Crippen LogP contribution is 2.18. The van der Waals surface area contributed by atoms with Crippen molar-refractivity contribution in [2.24, 2.45) is 5.92 Å². The maximum absolute atomic E-state index is 13.4. The second-order valence-electron chi connectivity index (χ2n) is 4.18. The first-order chi connectivity index (χ1) is 8.21. The van der Waals surface area contributed by atoms with Crippen LogP contribution in [-0.2, 0) is 9.05 Å². The van der Waals surface area contributed by atoms with Crippen LogP contribution in [0.15, 0.2) is 23.1 Å². The van der Waals surface area contributed by atoms with Crippen LogP contribution in [0.1, 0.15) is 24.2 Å². The van der Waals surface area contributed by atoms with Crippen molar-refractivity contribution in [3.05, 3.63) is 29.6 Å². The fourth-order valence-corrected chi connectivity index (χ4v) is 2.00. The summed E-state index contributed by atoms with van der Waals surface area (Å²) in [4.78, 5) is 11.4. The van der Waals surface area contributed by atoms with Crippen molar-refractivity contribution >= 4 is 25.6 Å². The molecule has 1 aromatic carbocycles. The van der Waals surface area contributed by atoms with Crippen molar-refractivity contribution in [2.75, 3.05) is 6.54 Å². The standard InChI is InChI=1S/C11H13ClFNO3S/c1-7(2)6-14-11(15)9-5-8(18(12,16)17)3-4-10(9)13/h3-5,7H,6H2,1-2H3,(H,14,15). The molecule has 0 aliphatic rings. The van der Waals surface area contributed by atoms with Crippen LogP contribution in [-0.4, -0.2) is 20.9 Å². The van der Waals surface area contributed by atoms with Crippen molar-refractivity contribution in [1.29, 1.82) is 0 Å². The van der Waals surface area contributed by atoms with Crippen LogP contribution in [0.3, 0.4) is 0 Å². The molecule has 0 aliphatic carbocycles. The van der Waals surface area contributed by atoms with E-state index in [1.54, 1.807) is 0 Å². The van der Waals surface area contributed by atoms with E-state index in [1.165, 1.54) is 0 Å². The Morgan fingerprint density at radius 2 is 2.06 bits per heavy atom. The second kappa shape index (κ2) is 5.67. The number of carbonyl (C=O) groups is 1. The number of rotatable bonds is 4. The summed E-state index contributed by atoms with van der Waals surface area (Å²) < 4.78 is 35.6. The topological polar surface area (TPSA) is 63.2 Å². The molecular weight excluding hydrogens is 281 g/mol. The summed E-state index contributed by atoms with van der Waals surface area (Å²) in [5.74, 6) is -1.25. The molecule has 0 spiro atoms. The second-order valence-corrected chi connectivity index (χ2v) is 6.75. The monoisotopic (exact) mass is 293 g/mol. The Kier molecular flexibility index (Phi) is 4.70. The molecule has 1 N–H and O–H groups in total. The lowest BCUT2D eigenvalue weighted by Crippen LogP contribution is -2.28. The molecule has 18 heavy (non-hydrogen) atoms. The van der Waals surface area contributed by atoms with Gasteiger partial charge in [-0.15, -0.1) is 0 Å². The summed E-state index contributed by atoms with van der Waals surface area (Å²) >= 11 is 0. The van der Waals surface area contributed by atoms with E-state index >= 15 is 0 Å². The third kappa shape index (κ3) is 3.96. The van der Waals surface area contributed by atoms with E-state index < -0.39 is 20.8 Å².